The molecule has 0 saturated carbocycles. The summed E-state index contributed by atoms with van der Waals surface area (Å²) >= 11 is 0. The van der Waals surface area contributed by atoms with E-state index in [-0.39, 0.29) is 0 Å². The maximum Gasteiger partial charge on any atom is 0.220 e. The lowest BCUT2D eigenvalue weighted by atomic mass is 10.4. The summed E-state index contributed by atoms with van der Waals surface area (Å²) in [5.41, 5.74) is 0. The van der Waals surface area contributed by atoms with E-state index in [2.05, 4.69) is 6.58 Å². The third-order valence-corrected chi connectivity index (χ3v) is 3.74. The molecule has 1 amide bonds. The Hall–Kier alpha value is -0.870. The van der Waals surface area contributed by atoms with Crippen LogP contribution in [-0.2, 0) is 4.79 Å². The molecular formula is C10H11NOS2. The Kier molecular flexibility index (Phi) is 5.25. The van der Waals surface area contributed by atoms with Crippen LogP contribution in [0.3, 0.4) is 0 Å². The standard InChI is InChI=1S/C10H11NOS2/c1-2-8-11(9-12)14-13-10-6-4-3-5-7-10/h2-7,9H,1,8H2. The Labute approximate surface area is 91.9 Å². The van der Waals surface area contributed by atoms with Gasteiger partial charge >= 0.3 is 0 Å². The van der Waals surface area contributed by atoms with Crippen LogP contribution in [0.2, 0.25) is 0 Å². The fourth-order valence-corrected chi connectivity index (χ4v) is 2.60. The lowest BCUT2D eigenvalue weighted by Crippen LogP contribution is -2.10. The van der Waals surface area contributed by atoms with E-state index < -0.39 is 0 Å². The minimum absolute atomic E-state index is 0.563. The van der Waals surface area contributed by atoms with Crippen LogP contribution in [0.1, 0.15) is 0 Å². The molecule has 0 saturated heterocycles. The summed E-state index contributed by atoms with van der Waals surface area (Å²) in [5.74, 6) is 0. The number of rotatable bonds is 6. The van der Waals surface area contributed by atoms with Crippen molar-refractivity contribution >= 4 is 28.2 Å². The van der Waals surface area contributed by atoms with E-state index in [9.17, 15) is 4.79 Å². The molecule has 1 aromatic rings. The van der Waals surface area contributed by atoms with E-state index in [1.54, 1.807) is 21.2 Å². The number of carbonyl (C=O) groups is 1. The summed E-state index contributed by atoms with van der Waals surface area (Å²) in [6, 6.07) is 9.93. The van der Waals surface area contributed by atoms with Gasteiger partial charge in [0.15, 0.2) is 0 Å². The molecule has 0 aliphatic carbocycles. The Morgan fingerprint density at radius 1 is 1.36 bits per heavy atom. The zero-order chi connectivity index (χ0) is 10.2. The summed E-state index contributed by atoms with van der Waals surface area (Å²) in [7, 11) is 2.97. The molecule has 0 radical (unpaired) electrons. The van der Waals surface area contributed by atoms with Gasteiger partial charge in [0.25, 0.3) is 0 Å². The monoisotopic (exact) mass is 225 g/mol. The summed E-state index contributed by atoms with van der Waals surface area (Å²) < 4.78 is 1.59. The fraction of sp³-hybridized carbons (Fsp3) is 0.100. The number of nitrogens with zero attached hydrogens (tertiary/aromatic N) is 1. The highest BCUT2D eigenvalue weighted by Gasteiger charge is 2.00. The Balaban J connectivity index is 2.39. The summed E-state index contributed by atoms with van der Waals surface area (Å²) in [6.07, 6.45) is 2.51. The molecule has 0 aliphatic heterocycles. The number of hydrogen-bond donors (Lipinski definition) is 0. The fourth-order valence-electron chi connectivity index (χ4n) is 0.785. The number of benzene rings is 1. The van der Waals surface area contributed by atoms with E-state index in [0.29, 0.717) is 6.54 Å². The minimum Gasteiger partial charge on any atom is -0.278 e. The molecular weight excluding hydrogens is 214 g/mol. The van der Waals surface area contributed by atoms with Gasteiger partial charge in [-0.15, -0.1) is 6.58 Å². The predicted molar refractivity (Wildman–Crippen MR) is 62.9 cm³/mol. The van der Waals surface area contributed by atoms with Crippen LogP contribution in [0, 0.1) is 0 Å². The van der Waals surface area contributed by atoms with Crippen LogP contribution < -0.4 is 0 Å². The first-order valence-corrected chi connectivity index (χ1v) is 6.20. The number of carbonyl (C=O) groups excluding carboxylic acids is 1. The van der Waals surface area contributed by atoms with Crippen molar-refractivity contribution in [2.24, 2.45) is 0 Å². The van der Waals surface area contributed by atoms with Gasteiger partial charge in [-0.1, -0.05) is 24.3 Å². The molecule has 1 rings (SSSR count). The van der Waals surface area contributed by atoms with Crippen molar-refractivity contribution in [3.8, 4) is 0 Å². The van der Waals surface area contributed by atoms with Crippen molar-refractivity contribution in [2.45, 2.75) is 4.90 Å². The van der Waals surface area contributed by atoms with E-state index in [0.717, 1.165) is 11.3 Å². The van der Waals surface area contributed by atoms with Crippen molar-refractivity contribution in [3.63, 3.8) is 0 Å². The van der Waals surface area contributed by atoms with Crippen LogP contribution in [0.25, 0.3) is 0 Å². The topological polar surface area (TPSA) is 20.3 Å². The predicted octanol–water partition coefficient (Wildman–Crippen LogP) is 2.99. The lowest BCUT2D eigenvalue weighted by Gasteiger charge is -2.11. The molecule has 0 fully saturated rings. The summed E-state index contributed by atoms with van der Waals surface area (Å²) in [5, 5.41) is 0. The highest BCUT2D eigenvalue weighted by atomic mass is 33.1. The highest BCUT2D eigenvalue weighted by molar-refractivity contribution is 8.75. The molecule has 4 heteroatoms. The number of amides is 1. The zero-order valence-electron chi connectivity index (χ0n) is 7.63. The van der Waals surface area contributed by atoms with E-state index >= 15 is 0 Å². The van der Waals surface area contributed by atoms with Crippen molar-refractivity contribution in [2.75, 3.05) is 6.54 Å². The van der Waals surface area contributed by atoms with Crippen LogP contribution in [0.5, 0.6) is 0 Å². The molecule has 0 bridgehead atoms. The molecule has 14 heavy (non-hydrogen) atoms. The van der Waals surface area contributed by atoms with Crippen molar-refractivity contribution in [1.82, 2.24) is 4.31 Å². The van der Waals surface area contributed by atoms with Crippen molar-refractivity contribution < 1.29 is 4.79 Å². The average molecular weight is 225 g/mol. The minimum atomic E-state index is 0.563. The summed E-state index contributed by atoms with van der Waals surface area (Å²) in [6.45, 7) is 4.14. The van der Waals surface area contributed by atoms with Gasteiger partial charge in [0.2, 0.25) is 6.41 Å². The van der Waals surface area contributed by atoms with Crippen molar-refractivity contribution in [1.29, 1.82) is 0 Å². The molecule has 74 valence electrons. The van der Waals surface area contributed by atoms with Crippen LogP contribution in [-0.4, -0.2) is 17.3 Å². The maximum atomic E-state index is 10.6. The van der Waals surface area contributed by atoms with Gasteiger partial charge in [0.05, 0.1) is 6.54 Å². The molecule has 2 nitrogen and oxygen atoms in total. The Bertz CT molecular complexity index is 289. The van der Waals surface area contributed by atoms with Gasteiger partial charge < -0.3 is 0 Å². The molecule has 1 aromatic carbocycles. The molecule has 0 aromatic heterocycles. The Morgan fingerprint density at radius 3 is 2.64 bits per heavy atom. The second kappa shape index (κ2) is 6.56. The van der Waals surface area contributed by atoms with Gasteiger partial charge in [-0.3, -0.25) is 9.10 Å². The highest BCUT2D eigenvalue weighted by Crippen LogP contribution is 2.32. The van der Waals surface area contributed by atoms with Crippen LogP contribution >= 0.6 is 21.8 Å². The normalized spacial score (nSPS) is 9.43. The van der Waals surface area contributed by atoms with Gasteiger partial charge in [0, 0.05) is 15.9 Å². The quantitative estimate of drug-likeness (QED) is 0.321. The van der Waals surface area contributed by atoms with Crippen molar-refractivity contribution in [3.05, 3.63) is 43.0 Å². The molecule has 0 spiro atoms. The van der Waals surface area contributed by atoms with E-state index in [1.807, 2.05) is 30.3 Å². The molecule has 0 aliphatic rings. The third kappa shape index (κ3) is 3.89. The van der Waals surface area contributed by atoms with Gasteiger partial charge in [-0.2, -0.15) is 0 Å². The third-order valence-electron chi connectivity index (χ3n) is 1.40. The smallest absolute Gasteiger partial charge is 0.220 e. The van der Waals surface area contributed by atoms with Crippen LogP contribution in [0.15, 0.2) is 47.9 Å². The first kappa shape index (κ1) is 11.2. The first-order chi connectivity index (χ1) is 6.86. The lowest BCUT2D eigenvalue weighted by molar-refractivity contribution is -0.113. The number of hydrogen-bond acceptors (Lipinski definition) is 3. The average Bonchev–Trinajstić information content (AvgIpc) is 2.25. The van der Waals surface area contributed by atoms with Crippen LogP contribution in [0.4, 0.5) is 0 Å². The van der Waals surface area contributed by atoms with Gasteiger partial charge in [0.1, 0.15) is 0 Å². The molecule has 0 N–H and O–H groups in total. The first-order valence-electron chi connectivity index (χ1n) is 4.09. The Morgan fingerprint density at radius 2 is 2.07 bits per heavy atom. The SMILES string of the molecule is C=CCN(C=O)SSc1ccccc1. The zero-order valence-corrected chi connectivity index (χ0v) is 9.26. The van der Waals surface area contributed by atoms with E-state index in [1.165, 1.54) is 11.0 Å². The van der Waals surface area contributed by atoms with Gasteiger partial charge in [-0.25, -0.2) is 0 Å². The maximum absolute atomic E-state index is 10.6. The second-order valence-corrected chi connectivity index (χ2v) is 4.67. The molecule has 0 unspecified atom stereocenters. The summed E-state index contributed by atoms with van der Waals surface area (Å²) in [4.78, 5) is 11.7. The molecule has 0 heterocycles. The van der Waals surface area contributed by atoms with Gasteiger partial charge in [-0.05, 0) is 22.9 Å². The largest absolute Gasteiger partial charge is 0.278 e. The molecule has 0 atom stereocenters. The second-order valence-electron chi connectivity index (χ2n) is 2.46. The van der Waals surface area contributed by atoms with E-state index in [4.69, 9.17) is 0 Å².